The first-order chi connectivity index (χ1) is 8.06. The topological polar surface area (TPSA) is 111 Å². The molecule has 17 heavy (non-hydrogen) atoms. The first-order valence-electron chi connectivity index (χ1n) is 4.82. The highest BCUT2D eigenvalue weighted by atomic mass is 19.1. The van der Waals surface area contributed by atoms with Crippen LogP contribution in [-0.2, 0) is 4.74 Å². The van der Waals surface area contributed by atoms with E-state index in [1.807, 2.05) is 0 Å². The number of halogens is 1. The summed E-state index contributed by atoms with van der Waals surface area (Å²) >= 11 is 0. The van der Waals surface area contributed by atoms with Gasteiger partial charge >= 0.3 is 5.95 Å². The smallest absolute Gasteiger partial charge is 0.394 e. The Kier molecular flexibility index (Phi) is 3.05. The van der Waals surface area contributed by atoms with Crippen LogP contribution in [0.1, 0.15) is 6.23 Å². The molecule has 2 rings (SSSR count). The number of hydrogen-bond donors (Lipinski definition) is 2. The minimum atomic E-state index is -1.80. The van der Waals surface area contributed by atoms with Crippen molar-refractivity contribution in [2.24, 2.45) is 0 Å². The zero-order valence-electron chi connectivity index (χ0n) is 8.51. The molecule has 2 N–H and O–H groups in total. The second-order valence-corrected chi connectivity index (χ2v) is 3.57. The zero-order chi connectivity index (χ0) is 12.6. The van der Waals surface area contributed by atoms with Gasteiger partial charge in [0.1, 0.15) is 24.6 Å². The lowest BCUT2D eigenvalue weighted by Crippen LogP contribution is -2.29. The van der Waals surface area contributed by atoms with Crippen molar-refractivity contribution in [1.82, 2.24) is 9.55 Å². The van der Waals surface area contributed by atoms with E-state index in [1.165, 1.54) is 6.20 Å². The third-order valence-electron chi connectivity index (χ3n) is 2.55. The quantitative estimate of drug-likeness (QED) is 0.544. The Morgan fingerprint density at radius 3 is 2.94 bits per heavy atom. The van der Waals surface area contributed by atoms with Crippen LogP contribution in [0.5, 0.6) is 0 Å². The Hall–Kier alpha value is -1.58. The molecule has 0 aromatic carbocycles. The summed E-state index contributed by atoms with van der Waals surface area (Å²) in [7, 11) is 0. The van der Waals surface area contributed by atoms with Crippen molar-refractivity contribution >= 4 is 5.95 Å². The molecule has 1 aliphatic rings. The number of aliphatic hydroxyl groups excluding tert-OH is 2. The highest BCUT2D eigenvalue weighted by Gasteiger charge is 2.47. The molecule has 1 fully saturated rings. The molecule has 1 aromatic heterocycles. The fourth-order valence-electron chi connectivity index (χ4n) is 1.73. The van der Waals surface area contributed by atoms with E-state index >= 15 is 0 Å². The van der Waals surface area contributed by atoms with Crippen LogP contribution in [0.2, 0.25) is 0 Å². The second kappa shape index (κ2) is 4.35. The number of imidazole rings is 1. The van der Waals surface area contributed by atoms with Crippen molar-refractivity contribution in [2.75, 3.05) is 6.61 Å². The number of alkyl halides is 1. The Labute approximate surface area is 94.4 Å². The number of nitrogens with zero attached hydrogens (tertiary/aromatic N) is 3. The molecule has 1 aromatic rings. The summed E-state index contributed by atoms with van der Waals surface area (Å²) < 4.78 is 19.4. The van der Waals surface area contributed by atoms with Crippen molar-refractivity contribution in [3.8, 4) is 0 Å². The van der Waals surface area contributed by atoms with Crippen molar-refractivity contribution < 1.29 is 24.3 Å². The lowest BCUT2D eigenvalue weighted by Gasteiger charge is -2.12. The maximum atomic E-state index is 13.4. The third kappa shape index (κ3) is 1.88. The molecular weight excluding hydrogens is 237 g/mol. The number of hydrogen-bond acceptors (Lipinski definition) is 6. The van der Waals surface area contributed by atoms with Crippen LogP contribution < -0.4 is 0 Å². The van der Waals surface area contributed by atoms with Crippen molar-refractivity contribution in [2.45, 2.75) is 24.6 Å². The molecule has 1 saturated heterocycles. The van der Waals surface area contributed by atoms with Gasteiger partial charge < -0.3 is 25.1 Å². The molecule has 1 aliphatic heterocycles. The minimum Gasteiger partial charge on any atom is -0.394 e. The van der Waals surface area contributed by atoms with Crippen LogP contribution in [0.4, 0.5) is 10.3 Å². The summed E-state index contributed by atoms with van der Waals surface area (Å²) in [5.74, 6) is -0.556. The lowest BCUT2D eigenvalue weighted by molar-refractivity contribution is -0.398. The van der Waals surface area contributed by atoms with Gasteiger partial charge in [-0.1, -0.05) is 4.98 Å². The summed E-state index contributed by atoms with van der Waals surface area (Å²) in [6, 6.07) is 0. The average Bonchev–Trinajstić information content (AvgIpc) is 2.86. The van der Waals surface area contributed by atoms with E-state index in [4.69, 9.17) is 9.84 Å². The molecule has 8 nitrogen and oxygen atoms in total. The van der Waals surface area contributed by atoms with Gasteiger partial charge in [0.15, 0.2) is 6.17 Å². The fourth-order valence-corrected chi connectivity index (χ4v) is 1.73. The number of aromatic nitrogens is 2. The molecule has 0 unspecified atom stereocenters. The molecule has 0 spiro atoms. The van der Waals surface area contributed by atoms with E-state index in [-0.39, 0.29) is 0 Å². The first-order valence-corrected chi connectivity index (χ1v) is 4.82. The Morgan fingerprint density at radius 1 is 1.71 bits per heavy atom. The molecule has 0 saturated carbocycles. The van der Waals surface area contributed by atoms with Crippen molar-refractivity contribution in [3.05, 3.63) is 22.5 Å². The van der Waals surface area contributed by atoms with Gasteiger partial charge in [-0.05, 0) is 4.92 Å². The van der Waals surface area contributed by atoms with Crippen LogP contribution in [0.3, 0.4) is 0 Å². The van der Waals surface area contributed by atoms with Gasteiger partial charge in [0.2, 0.25) is 6.23 Å². The summed E-state index contributed by atoms with van der Waals surface area (Å²) in [6.07, 6.45) is -3.49. The summed E-state index contributed by atoms with van der Waals surface area (Å²) in [6.45, 7) is -0.614. The van der Waals surface area contributed by atoms with Crippen LogP contribution in [0.25, 0.3) is 0 Å². The highest BCUT2D eigenvalue weighted by molar-refractivity contribution is 5.09. The van der Waals surface area contributed by atoms with E-state index in [0.29, 0.717) is 0 Å². The van der Waals surface area contributed by atoms with Gasteiger partial charge in [-0.15, -0.1) is 0 Å². The number of ether oxygens (including phenoxy) is 1. The standard InChI is InChI=1S/C8H10FN3O5/c9-5-4(3-13)17-7(6(5)14)11-2-1-10-8(11)12(15)16/h1-2,4-7,13-14H,3H2/t4-,5+,6+,7-/m1/s1. The molecular formula is C8H10FN3O5. The minimum absolute atomic E-state index is 0.556. The molecule has 0 aliphatic carbocycles. The predicted molar refractivity (Wildman–Crippen MR) is 50.8 cm³/mol. The highest BCUT2D eigenvalue weighted by Crippen LogP contribution is 2.33. The summed E-state index contributed by atoms with van der Waals surface area (Å²) in [5, 5.41) is 29.0. The SMILES string of the molecule is O=[N+]([O-])c1nccn1[C@@H]1O[C@H](CO)[C@H](F)[C@@H]1O. The number of nitro groups is 1. The van der Waals surface area contributed by atoms with Gasteiger partial charge in [0, 0.05) is 0 Å². The summed E-state index contributed by atoms with van der Waals surface area (Å²) in [5.41, 5.74) is 0. The van der Waals surface area contributed by atoms with Crippen molar-refractivity contribution in [3.63, 3.8) is 0 Å². The summed E-state index contributed by atoms with van der Waals surface area (Å²) in [4.78, 5) is 13.3. The Morgan fingerprint density at radius 2 is 2.41 bits per heavy atom. The van der Waals surface area contributed by atoms with Gasteiger partial charge in [0.25, 0.3) is 0 Å². The fraction of sp³-hybridized carbons (Fsp3) is 0.625. The molecule has 94 valence electrons. The van der Waals surface area contributed by atoms with Crippen molar-refractivity contribution in [1.29, 1.82) is 0 Å². The molecule has 4 atom stereocenters. The monoisotopic (exact) mass is 247 g/mol. The van der Waals surface area contributed by atoms with Gasteiger partial charge in [-0.3, -0.25) is 0 Å². The van der Waals surface area contributed by atoms with Crippen LogP contribution in [0.15, 0.2) is 12.4 Å². The van der Waals surface area contributed by atoms with E-state index < -0.39 is 42.1 Å². The number of rotatable bonds is 3. The van der Waals surface area contributed by atoms with Gasteiger partial charge in [-0.2, -0.15) is 4.57 Å². The van der Waals surface area contributed by atoms with E-state index in [2.05, 4.69) is 4.98 Å². The Bertz CT molecular complexity index is 425. The van der Waals surface area contributed by atoms with Crippen LogP contribution in [0, 0.1) is 10.1 Å². The molecule has 0 amide bonds. The average molecular weight is 247 g/mol. The maximum Gasteiger partial charge on any atom is 0.436 e. The van der Waals surface area contributed by atoms with Crippen LogP contribution in [-0.4, -0.2) is 49.7 Å². The normalized spacial score (nSPS) is 32.9. The Balaban J connectivity index is 2.29. The van der Waals surface area contributed by atoms with E-state index in [0.717, 1.165) is 10.8 Å². The molecule has 2 heterocycles. The first kappa shape index (κ1) is 11.9. The van der Waals surface area contributed by atoms with Gasteiger partial charge in [-0.25, -0.2) is 4.39 Å². The van der Waals surface area contributed by atoms with E-state index in [9.17, 15) is 19.6 Å². The molecule has 0 radical (unpaired) electrons. The van der Waals surface area contributed by atoms with Gasteiger partial charge in [0.05, 0.1) is 6.61 Å². The molecule has 9 heteroatoms. The third-order valence-corrected chi connectivity index (χ3v) is 2.55. The zero-order valence-corrected chi connectivity index (χ0v) is 8.51. The van der Waals surface area contributed by atoms with Crippen LogP contribution >= 0.6 is 0 Å². The molecule has 0 bridgehead atoms. The lowest BCUT2D eigenvalue weighted by atomic mass is 10.1. The largest absolute Gasteiger partial charge is 0.436 e. The number of aliphatic hydroxyl groups is 2. The predicted octanol–water partition coefficient (Wildman–Crippen LogP) is -0.620. The maximum absolute atomic E-state index is 13.4. The van der Waals surface area contributed by atoms with E-state index in [1.54, 1.807) is 0 Å². The second-order valence-electron chi connectivity index (χ2n) is 3.57.